The minimum absolute atomic E-state index is 0. The van der Waals surface area contributed by atoms with Crippen LogP contribution in [-0.2, 0) is 23.3 Å². The summed E-state index contributed by atoms with van der Waals surface area (Å²) < 4.78 is 0. The zero-order valence-electron chi connectivity index (χ0n) is 27.7. The molecule has 0 fully saturated rings. The quantitative estimate of drug-likeness (QED) is 0.131. The average Bonchev–Trinajstić information content (AvgIpc) is 3.56. The summed E-state index contributed by atoms with van der Waals surface area (Å²) in [5.74, 6) is 0.578. The van der Waals surface area contributed by atoms with Crippen molar-refractivity contribution in [3.05, 3.63) is 145 Å². The molecule has 222 valence electrons. The van der Waals surface area contributed by atoms with E-state index in [2.05, 4.69) is 153 Å². The summed E-state index contributed by atoms with van der Waals surface area (Å²) in [6, 6.07) is 33.8. The number of aryl methyl sites for hydroxylation is 6. The second-order valence-electron chi connectivity index (χ2n) is 11.7. The van der Waals surface area contributed by atoms with E-state index in [9.17, 15) is 0 Å². The molecule has 0 heterocycles. The fourth-order valence-corrected chi connectivity index (χ4v) is 5.88. The summed E-state index contributed by atoms with van der Waals surface area (Å²) >= 11 is 1.36. The molecule has 0 saturated carbocycles. The molecule has 0 bridgehead atoms. The fourth-order valence-electron chi connectivity index (χ4n) is 5.88. The zero-order valence-corrected chi connectivity index (χ0v) is 31.2. The maximum atomic E-state index is 3.06. The first-order chi connectivity index (χ1) is 19.6. The summed E-state index contributed by atoms with van der Waals surface area (Å²) in [5, 5.41) is 5.49. The third kappa shape index (κ3) is 8.03. The zero-order chi connectivity index (χ0) is 29.8. The van der Waals surface area contributed by atoms with Crippen LogP contribution in [0.5, 0.6) is 0 Å². The molecule has 0 aliphatic rings. The van der Waals surface area contributed by atoms with Gasteiger partial charge in [-0.15, -0.1) is 68.6 Å². The molecule has 2 radical (unpaired) electrons. The Morgan fingerprint density at radius 2 is 1.09 bits per heavy atom. The van der Waals surface area contributed by atoms with Crippen LogP contribution in [0.3, 0.4) is 0 Å². The number of hydrogen-bond donors (Lipinski definition) is 0. The number of benzene rings is 4. The molecule has 2 heteroatoms. The first-order valence-electron chi connectivity index (χ1n) is 14.4. The van der Waals surface area contributed by atoms with Gasteiger partial charge in [-0.1, -0.05) is 98.5 Å². The van der Waals surface area contributed by atoms with E-state index in [1.165, 1.54) is 106 Å². The van der Waals surface area contributed by atoms with Gasteiger partial charge in [-0.05, 0) is 55.9 Å². The molecule has 0 unspecified atom stereocenters. The molecular formula is C41H46SiZr-4. The normalized spacial score (nSPS) is 10.3. The first-order valence-corrected chi connectivity index (χ1v) is 18.6. The Labute approximate surface area is 278 Å². The van der Waals surface area contributed by atoms with E-state index >= 15 is 0 Å². The second-order valence-corrected chi connectivity index (χ2v) is 11.7. The first kappa shape index (κ1) is 36.4. The van der Waals surface area contributed by atoms with Crippen LogP contribution in [0.1, 0.15) is 58.7 Å². The predicted octanol–water partition coefficient (Wildman–Crippen LogP) is 11.9. The van der Waals surface area contributed by atoms with Crippen molar-refractivity contribution in [1.82, 2.24) is 0 Å². The van der Waals surface area contributed by atoms with Crippen LogP contribution in [0.2, 0.25) is 0 Å². The summed E-state index contributed by atoms with van der Waals surface area (Å²) in [6.07, 6.45) is 0. The molecule has 6 aromatic carbocycles. The van der Waals surface area contributed by atoms with Gasteiger partial charge in [0, 0.05) is 0 Å². The second kappa shape index (κ2) is 15.8. The van der Waals surface area contributed by atoms with Crippen molar-refractivity contribution < 1.29 is 23.3 Å². The average molecular weight is 658 g/mol. The molecule has 0 saturated heterocycles. The van der Waals surface area contributed by atoms with Gasteiger partial charge in [-0.2, -0.15) is 12.1 Å². The monoisotopic (exact) mass is 656 g/mol. The van der Waals surface area contributed by atoms with Crippen molar-refractivity contribution >= 4 is 28.4 Å². The topological polar surface area (TPSA) is 0 Å². The molecule has 6 aromatic rings. The van der Waals surface area contributed by atoms with Crippen LogP contribution >= 0.6 is 0 Å². The van der Waals surface area contributed by atoms with Crippen molar-refractivity contribution in [1.29, 1.82) is 0 Å². The van der Waals surface area contributed by atoms with E-state index in [1.54, 1.807) is 0 Å². The van der Waals surface area contributed by atoms with E-state index in [0.717, 1.165) is 0 Å². The van der Waals surface area contributed by atoms with Gasteiger partial charge >= 0.3 is 30.2 Å². The van der Waals surface area contributed by atoms with E-state index < -0.39 is 0 Å². The number of hydrogen-bond acceptors (Lipinski definition) is 0. The van der Waals surface area contributed by atoms with Gasteiger partial charge in [0.2, 0.25) is 0 Å². The van der Waals surface area contributed by atoms with Crippen LogP contribution in [0.4, 0.5) is 0 Å². The van der Waals surface area contributed by atoms with Crippen molar-refractivity contribution in [2.45, 2.75) is 61.3 Å². The van der Waals surface area contributed by atoms with Gasteiger partial charge in [-0.25, -0.2) is 0 Å². The maximum absolute atomic E-state index is 3.06. The summed E-state index contributed by atoms with van der Waals surface area (Å²) in [4.78, 5) is 0. The number of rotatable bonds is 3. The van der Waals surface area contributed by atoms with E-state index in [4.69, 9.17) is 0 Å². The Kier molecular flexibility index (Phi) is 13.4. The fraction of sp³-hybridized carbons (Fsp3) is 0.220. The molecule has 0 aliphatic carbocycles. The van der Waals surface area contributed by atoms with Crippen molar-refractivity contribution in [2.75, 3.05) is 0 Å². The molecule has 0 nitrogen and oxygen atoms in total. The third-order valence-electron chi connectivity index (χ3n) is 8.03. The molecule has 0 amide bonds. The Balaban J connectivity index is 0.000000272. The van der Waals surface area contributed by atoms with Gasteiger partial charge in [0.1, 0.15) is 0 Å². The van der Waals surface area contributed by atoms with Crippen LogP contribution < -0.4 is 0 Å². The minimum atomic E-state index is 0. The molecule has 6 rings (SSSR count). The Morgan fingerprint density at radius 1 is 0.558 bits per heavy atom. The Bertz CT molecular complexity index is 1810. The molecule has 0 atom stereocenters. The number of fused-ring (bicyclic) bond motifs is 2. The van der Waals surface area contributed by atoms with Crippen LogP contribution in [0, 0.1) is 56.4 Å². The van der Waals surface area contributed by atoms with Gasteiger partial charge < -0.3 is 14.9 Å². The summed E-state index contributed by atoms with van der Waals surface area (Å²) in [5.41, 5.74) is 14.9. The molecular weight excluding hydrogens is 612 g/mol. The Morgan fingerprint density at radius 3 is 1.63 bits per heavy atom. The standard InChI is InChI=1S/C20H21.C19H19.2CH3.Si.Zr/c1-13(2)17-11-16-6-5-7-19(20(16)12-17)18-9-8-14(3)10-15(18)4;1-12-5-7-16(15(4)9-12)17-8-6-14(3)18-10-13(2)11-19(17)18;;;;/h5-13H,1-4H3;5-11H,1-4H3;2*1H3;;/q4*-1;;. The van der Waals surface area contributed by atoms with Crippen LogP contribution in [-0.4, -0.2) is 6.88 Å². The van der Waals surface area contributed by atoms with Crippen LogP contribution in [0.25, 0.3) is 43.8 Å². The third-order valence-corrected chi connectivity index (χ3v) is 8.03. The molecule has 43 heavy (non-hydrogen) atoms. The van der Waals surface area contributed by atoms with Crippen LogP contribution in [0.15, 0.2) is 91.0 Å². The van der Waals surface area contributed by atoms with Crippen molar-refractivity contribution in [2.24, 2.45) is 0 Å². The molecule has 0 aliphatic heterocycles. The Hall–Kier alpha value is -2.80. The summed E-state index contributed by atoms with van der Waals surface area (Å²) in [7, 11) is 0. The van der Waals surface area contributed by atoms with E-state index in [1.807, 2.05) is 0 Å². The van der Waals surface area contributed by atoms with Gasteiger partial charge in [-0.3, -0.25) is 0 Å². The molecule has 0 N–H and O–H groups in total. The van der Waals surface area contributed by atoms with Gasteiger partial charge in [0.05, 0.1) is 0 Å². The van der Waals surface area contributed by atoms with E-state index in [0.29, 0.717) is 5.92 Å². The molecule has 0 aromatic heterocycles. The SMILES string of the molecule is Cc1ccc(-c2ccc(C)c3[cH-]c(C)cc23)c(C)c1.Cc1ccc(-c2cccc3[cH-]c(C(C)C)cc23)c(C)c1.[CH3-].[CH3-].[Si]=[Zr]. The molecule has 0 spiro atoms. The van der Waals surface area contributed by atoms with Gasteiger partial charge in [0.25, 0.3) is 0 Å². The van der Waals surface area contributed by atoms with Crippen molar-refractivity contribution in [3.63, 3.8) is 0 Å². The van der Waals surface area contributed by atoms with Gasteiger partial charge in [0.15, 0.2) is 0 Å². The van der Waals surface area contributed by atoms with E-state index in [-0.39, 0.29) is 14.9 Å². The summed E-state index contributed by atoms with van der Waals surface area (Å²) in [6.45, 7) is 20.6. The van der Waals surface area contributed by atoms with Crippen molar-refractivity contribution in [3.8, 4) is 22.3 Å². The predicted molar refractivity (Wildman–Crippen MR) is 191 cm³/mol.